The molecule has 0 bridgehead atoms. The average molecular weight is 290 g/mol. The van der Waals surface area contributed by atoms with Crippen LogP contribution in [-0.4, -0.2) is 35.1 Å². The normalized spacial score (nSPS) is 24.1. The lowest BCUT2D eigenvalue weighted by Crippen LogP contribution is -2.53. The van der Waals surface area contributed by atoms with Gasteiger partial charge in [-0.3, -0.25) is 9.88 Å². The number of benzene rings is 1. The number of nitrogens with one attached hydrogen (secondary N) is 1. The molecule has 1 aromatic heterocycles. The first-order valence-corrected chi connectivity index (χ1v) is 7.51. The Balaban J connectivity index is 1.81. The van der Waals surface area contributed by atoms with Crippen molar-refractivity contribution >= 4 is 22.5 Å². The van der Waals surface area contributed by atoms with E-state index in [1.807, 2.05) is 6.07 Å². The third-order valence-electron chi connectivity index (χ3n) is 3.79. The van der Waals surface area contributed by atoms with E-state index in [0.717, 1.165) is 35.6 Å². The van der Waals surface area contributed by atoms with E-state index in [4.69, 9.17) is 11.6 Å². The van der Waals surface area contributed by atoms with Crippen molar-refractivity contribution in [3.63, 3.8) is 0 Å². The maximum absolute atomic E-state index is 6.18. The first-order valence-electron chi connectivity index (χ1n) is 7.13. The molecule has 2 atom stereocenters. The van der Waals surface area contributed by atoms with Crippen LogP contribution in [0.1, 0.15) is 19.4 Å². The second-order valence-corrected chi connectivity index (χ2v) is 6.21. The topological polar surface area (TPSA) is 28.2 Å². The molecule has 4 heteroatoms. The van der Waals surface area contributed by atoms with Crippen molar-refractivity contribution in [3.8, 4) is 0 Å². The van der Waals surface area contributed by atoms with Crippen LogP contribution in [0.4, 0.5) is 0 Å². The van der Waals surface area contributed by atoms with Crippen LogP contribution in [0.5, 0.6) is 0 Å². The fourth-order valence-electron chi connectivity index (χ4n) is 3.08. The number of hydrogen-bond acceptors (Lipinski definition) is 3. The molecule has 1 aromatic carbocycles. The SMILES string of the molecule is CC1CN(Cc2ccc3c(Cl)ccnc3c2)C[C@H](C)N1. The number of piperazine rings is 1. The quantitative estimate of drug-likeness (QED) is 0.921. The zero-order valence-electron chi connectivity index (χ0n) is 11.9. The molecule has 1 aliphatic rings. The van der Waals surface area contributed by atoms with Gasteiger partial charge in [-0.25, -0.2) is 0 Å². The highest BCUT2D eigenvalue weighted by molar-refractivity contribution is 6.35. The second-order valence-electron chi connectivity index (χ2n) is 5.81. The van der Waals surface area contributed by atoms with Crippen molar-refractivity contribution < 1.29 is 0 Å². The molecule has 2 heterocycles. The molecule has 0 amide bonds. The Bertz CT molecular complexity index is 604. The molecule has 1 N–H and O–H groups in total. The van der Waals surface area contributed by atoms with E-state index in [9.17, 15) is 0 Å². The van der Waals surface area contributed by atoms with Crippen LogP contribution in [0.3, 0.4) is 0 Å². The minimum Gasteiger partial charge on any atom is -0.309 e. The Morgan fingerprint density at radius 2 is 2.00 bits per heavy atom. The van der Waals surface area contributed by atoms with Crippen molar-refractivity contribution in [1.29, 1.82) is 0 Å². The highest BCUT2D eigenvalue weighted by Crippen LogP contribution is 2.23. The van der Waals surface area contributed by atoms with E-state index in [0.29, 0.717) is 12.1 Å². The van der Waals surface area contributed by atoms with Crippen molar-refractivity contribution in [3.05, 3.63) is 41.0 Å². The molecule has 0 spiro atoms. The Kier molecular flexibility index (Phi) is 3.92. The summed E-state index contributed by atoms with van der Waals surface area (Å²) < 4.78 is 0. The molecule has 106 valence electrons. The summed E-state index contributed by atoms with van der Waals surface area (Å²) in [5, 5.41) is 5.36. The van der Waals surface area contributed by atoms with Crippen LogP contribution < -0.4 is 5.32 Å². The molecular formula is C16H20ClN3. The van der Waals surface area contributed by atoms with Crippen LogP contribution in [0.15, 0.2) is 30.5 Å². The fraction of sp³-hybridized carbons (Fsp3) is 0.438. The third kappa shape index (κ3) is 2.95. The number of fused-ring (bicyclic) bond motifs is 1. The molecule has 3 rings (SSSR count). The van der Waals surface area contributed by atoms with Crippen LogP contribution >= 0.6 is 11.6 Å². The van der Waals surface area contributed by atoms with Crippen molar-refractivity contribution in [2.45, 2.75) is 32.5 Å². The minimum absolute atomic E-state index is 0.548. The lowest BCUT2D eigenvalue weighted by atomic mass is 10.1. The summed E-state index contributed by atoms with van der Waals surface area (Å²) in [6.45, 7) is 7.63. The number of aromatic nitrogens is 1. The largest absolute Gasteiger partial charge is 0.309 e. The molecule has 3 nitrogen and oxygen atoms in total. The van der Waals surface area contributed by atoms with Crippen LogP contribution in [0, 0.1) is 0 Å². The Morgan fingerprint density at radius 3 is 2.75 bits per heavy atom. The maximum Gasteiger partial charge on any atom is 0.0720 e. The standard InChI is InChI=1S/C16H20ClN3/c1-11-8-20(9-12(2)19-11)10-13-3-4-14-15(17)5-6-18-16(14)7-13/h3-7,11-12,19H,8-10H2,1-2H3/t11-,12?/m0/s1. The molecular weight excluding hydrogens is 270 g/mol. The number of nitrogens with zero attached hydrogens (tertiary/aromatic N) is 2. The molecule has 1 unspecified atom stereocenters. The summed E-state index contributed by atoms with van der Waals surface area (Å²) in [6, 6.07) is 9.32. The van der Waals surface area contributed by atoms with E-state index in [1.165, 1.54) is 5.56 Å². The summed E-state index contributed by atoms with van der Waals surface area (Å²) in [7, 11) is 0. The Morgan fingerprint density at radius 1 is 1.25 bits per heavy atom. The zero-order chi connectivity index (χ0) is 14.1. The molecule has 0 aliphatic carbocycles. The number of halogens is 1. The second kappa shape index (κ2) is 5.68. The van der Waals surface area contributed by atoms with E-state index < -0.39 is 0 Å². The van der Waals surface area contributed by atoms with Gasteiger partial charge in [0.15, 0.2) is 0 Å². The van der Waals surface area contributed by atoms with E-state index in [-0.39, 0.29) is 0 Å². The third-order valence-corrected chi connectivity index (χ3v) is 4.12. The molecule has 0 radical (unpaired) electrons. The van der Waals surface area contributed by atoms with Crippen LogP contribution in [0.2, 0.25) is 5.02 Å². The molecule has 20 heavy (non-hydrogen) atoms. The molecule has 1 saturated heterocycles. The smallest absolute Gasteiger partial charge is 0.0720 e. The van der Waals surface area contributed by atoms with Crippen LogP contribution in [-0.2, 0) is 6.54 Å². The van der Waals surface area contributed by atoms with Gasteiger partial charge in [-0.2, -0.15) is 0 Å². The molecule has 2 aromatic rings. The van der Waals surface area contributed by atoms with Crippen LogP contribution in [0.25, 0.3) is 10.9 Å². The monoisotopic (exact) mass is 289 g/mol. The first kappa shape index (κ1) is 13.8. The van der Waals surface area contributed by atoms with Crippen molar-refractivity contribution in [2.24, 2.45) is 0 Å². The van der Waals surface area contributed by atoms with Crippen molar-refractivity contribution in [2.75, 3.05) is 13.1 Å². The van der Waals surface area contributed by atoms with Gasteiger partial charge in [-0.05, 0) is 31.5 Å². The summed E-state index contributed by atoms with van der Waals surface area (Å²) in [6.07, 6.45) is 1.77. The lowest BCUT2D eigenvalue weighted by molar-refractivity contribution is 0.166. The number of hydrogen-bond donors (Lipinski definition) is 1. The van der Waals surface area contributed by atoms with Gasteiger partial charge in [0.2, 0.25) is 0 Å². The Hall–Kier alpha value is -1.16. The minimum atomic E-state index is 0.548. The van der Waals surface area contributed by atoms with Gasteiger partial charge in [0.25, 0.3) is 0 Å². The molecule has 1 fully saturated rings. The van der Waals surface area contributed by atoms with E-state index in [1.54, 1.807) is 6.20 Å². The van der Waals surface area contributed by atoms with Gasteiger partial charge < -0.3 is 5.32 Å². The van der Waals surface area contributed by atoms with Gasteiger partial charge in [-0.1, -0.05) is 23.7 Å². The van der Waals surface area contributed by atoms with Gasteiger partial charge in [0, 0.05) is 43.3 Å². The highest BCUT2D eigenvalue weighted by atomic mass is 35.5. The average Bonchev–Trinajstić information content (AvgIpc) is 2.37. The van der Waals surface area contributed by atoms with Gasteiger partial charge >= 0.3 is 0 Å². The predicted molar refractivity (Wildman–Crippen MR) is 84.1 cm³/mol. The molecule has 0 saturated carbocycles. The summed E-state index contributed by atoms with van der Waals surface area (Å²) in [5.41, 5.74) is 2.28. The first-order chi connectivity index (χ1) is 9.61. The Labute approximate surface area is 124 Å². The predicted octanol–water partition coefficient (Wildman–Crippen LogP) is 3.07. The summed E-state index contributed by atoms with van der Waals surface area (Å²) in [5.74, 6) is 0. The van der Waals surface area contributed by atoms with Crippen molar-refractivity contribution in [1.82, 2.24) is 15.2 Å². The highest BCUT2D eigenvalue weighted by Gasteiger charge is 2.20. The molecule has 1 aliphatic heterocycles. The van der Waals surface area contributed by atoms with Gasteiger partial charge in [-0.15, -0.1) is 0 Å². The fourth-order valence-corrected chi connectivity index (χ4v) is 3.30. The number of pyridine rings is 1. The lowest BCUT2D eigenvalue weighted by Gasteiger charge is -2.36. The zero-order valence-corrected chi connectivity index (χ0v) is 12.7. The van der Waals surface area contributed by atoms with E-state index in [2.05, 4.69) is 47.2 Å². The van der Waals surface area contributed by atoms with E-state index >= 15 is 0 Å². The summed E-state index contributed by atoms with van der Waals surface area (Å²) >= 11 is 6.18. The maximum atomic E-state index is 6.18. The number of rotatable bonds is 2. The van der Waals surface area contributed by atoms with Gasteiger partial charge in [0.05, 0.1) is 10.5 Å². The van der Waals surface area contributed by atoms with Gasteiger partial charge in [0.1, 0.15) is 0 Å². The summed E-state index contributed by atoms with van der Waals surface area (Å²) in [4.78, 5) is 6.91.